The number of hydrogen-bond acceptors (Lipinski definition) is 3. The molecule has 0 aromatic heterocycles. The summed E-state index contributed by atoms with van der Waals surface area (Å²) in [6.07, 6.45) is 0.617. The molecule has 0 bridgehead atoms. The van der Waals surface area contributed by atoms with E-state index >= 15 is 0 Å². The van der Waals surface area contributed by atoms with Gasteiger partial charge >= 0.3 is 0 Å². The number of rotatable bonds is 2. The molecule has 0 atom stereocenters. The van der Waals surface area contributed by atoms with Crippen LogP contribution in [-0.2, 0) is 4.79 Å². The lowest BCUT2D eigenvalue weighted by Gasteiger charge is -2.27. The number of nitrogens with one attached hydrogen (secondary N) is 1. The zero-order valence-electron chi connectivity index (χ0n) is 9.55. The highest BCUT2D eigenvalue weighted by atomic mass is 16.2. The summed E-state index contributed by atoms with van der Waals surface area (Å²) in [5.41, 5.74) is 2.45. The maximum absolute atomic E-state index is 11.5. The lowest BCUT2D eigenvalue weighted by Crippen LogP contribution is -2.44. The lowest BCUT2D eigenvalue weighted by molar-refractivity contribution is -0.126. The van der Waals surface area contributed by atoms with E-state index in [2.05, 4.69) is 10.2 Å². The van der Waals surface area contributed by atoms with Gasteiger partial charge in [-0.2, -0.15) is 0 Å². The van der Waals surface area contributed by atoms with Gasteiger partial charge in [-0.05, 0) is 12.5 Å². The van der Waals surface area contributed by atoms with Crippen molar-refractivity contribution in [2.75, 3.05) is 39.8 Å². The Labute approximate surface area is 90.9 Å². The van der Waals surface area contributed by atoms with E-state index < -0.39 is 0 Å². The maximum Gasteiger partial charge on any atom is 0.230 e. The normalized spacial score (nSPS) is 24.1. The van der Waals surface area contributed by atoms with Crippen molar-refractivity contribution in [2.45, 2.75) is 13.3 Å². The zero-order chi connectivity index (χ0) is 10.8. The quantitative estimate of drug-likeness (QED) is 0.697. The van der Waals surface area contributed by atoms with Crippen molar-refractivity contribution in [3.63, 3.8) is 0 Å². The third-order valence-corrected chi connectivity index (χ3v) is 3.38. The van der Waals surface area contributed by atoms with E-state index in [1.54, 1.807) is 4.90 Å². The molecule has 15 heavy (non-hydrogen) atoms. The van der Waals surface area contributed by atoms with E-state index in [4.69, 9.17) is 0 Å². The number of nitrogens with zero attached hydrogens (tertiary/aromatic N) is 2. The molecule has 0 radical (unpaired) electrons. The minimum Gasteiger partial charge on any atom is -0.319 e. The summed E-state index contributed by atoms with van der Waals surface area (Å²) in [5.74, 6) is 0.234. The van der Waals surface area contributed by atoms with Crippen LogP contribution >= 0.6 is 0 Å². The number of piperazine rings is 1. The van der Waals surface area contributed by atoms with Gasteiger partial charge in [0.15, 0.2) is 0 Å². The van der Waals surface area contributed by atoms with Crippen molar-refractivity contribution in [3.8, 4) is 0 Å². The smallest absolute Gasteiger partial charge is 0.230 e. The van der Waals surface area contributed by atoms with Gasteiger partial charge < -0.3 is 10.2 Å². The van der Waals surface area contributed by atoms with Crippen LogP contribution in [0, 0.1) is 0 Å². The van der Waals surface area contributed by atoms with Crippen molar-refractivity contribution in [1.82, 2.24) is 15.1 Å². The van der Waals surface area contributed by atoms with E-state index in [1.807, 2.05) is 14.0 Å². The van der Waals surface area contributed by atoms with Gasteiger partial charge in [-0.25, -0.2) is 0 Å². The molecule has 0 aliphatic carbocycles. The zero-order valence-corrected chi connectivity index (χ0v) is 9.55. The number of carbonyl (C=O) groups is 1. The van der Waals surface area contributed by atoms with E-state index in [9.17, 15) is 4.79 Å². The molecule has 1 saturated heterocycles. The van der Waals surface area contributed by atoms with Crippen LogP contribution < -0.4 is 5.32 Å². The first-order chi connectivity index (χ1) is 7.18. The number of hydrogen-bond donors (Lipinski definition) is 1. The lowest BCUT2D eigenvalue weighted by atomic mass is 10.1. The van der Waals surface area contributed by atoms with Gasteiger partial charge in [-0.1, -0.05) is 0 Å². The molecule has 4 heteroatoms. The van der Waals surface area contributed by atoms with E-state index in [0.717, 1.165) is 38.4 Å². The monoisotopic (exact) mass is 209 g/mol. The topological polar surface area (TPSA) is 35.6 Å². The predicted molar refractivity (Wildman–Crippen MR) is 59.4 cm³/mol. The summed E-state index contributed by atoms with van der Waals surface area (Å²) >= 11 is 0. The molecule has 1 N–H and O–H groups in total. The molecular formula is C11H19N3O. The second kappa shape index (κ2) is 4.33. The molecule has 4 nitrogen and oxygen atoms in total. The fourth-order valence-corrected chi connectivity index (χ4v) is 2.16. The summed E-state index contributed by atoms with van der Waals surface area (Å²) in [6, 6.07) is 0. The fraction of sp³-hybridized carbons (Fsp3) is 0.727. The van der Waals surface area contributed by atoms with Gasteiger partial charge in [0.2, 0.25) is 5.91 Å². The Morgan fingerprint density at radius 1 is 1.33 bits per heavy atom. The SMILES string of the molecule is CC1=C(CN2CCNCC2)CC(=O)N1C. The van der Waals surface area contributed by atoms with Crippen LogP contribution in [0.1, 0.15) is 13.3 Å². The van der Waals surface area contributed by atoms with Gasteiger partial charge in [-0.3, -0.25) is 9.69 Å². The Morgan fingerprint density at radius 2 is 2.00 bits per heavy atom. The average molecular weight is 209 g/mol. The van der Waals surface area contributed by atoms with Crippen molar-refractivity contribution in [3.05, 3.63) is 11.3 Å². The number of amides is 1. The van der Waals surface area contributed by atoms with Crippen molar-refractivity contribution in [2.24, 2.45) is 0 Å². The summed E-state index contributed by atoms with van der Waals surface area (Å²) in [5, 5.41) is 3.33. The Balaban J connectivity index is 1.96. The van der Waals surface area contributed by atoms with Crippen LogP contribution in [-0.4, -0.2) is 55.5 Å². The van der Waals surface area contributed by atoms with Crippen LogP contribution in [0.15, 0.2) is 11.3 Å². The first-order valence-corrected chi connectivity index (χ1v) is 5.57. The molecule has 0 unspecified atom stereocenters. The van der Waals surface area contributed by atoms with Crippen molar-refractivity contribution in [1.29, 1.82) is 0 Å². The van der Waals surface area contributed by atoms with E-state index in [0.29, 0.717) is 6.42 Å². The van der Waals surface area contributed by atoms with Gasteiger partial charge in [0.1, 0.15) is 0 Å². The molecule has 0 spiro atoms. The van der Waals surface area contributed by atoms with E-state index in [-0.39, 0.29) is 5.91 Å². The number of allylic oxidation sites excluding steroid dienone is 1. The molecule has 2 heterocycles. The first-order valence-electron chi connectivity index (χ1n) is 5.57. The minimum atomic E-state index is 0.234. The van der Waals surface area contributed by atoms with Crippen LogP contribution in [0.2, 0.25) is 0 Å². The third kappa shape index (κ3) is 2.21. The molecule has 1 amide bonds. The standard InChI is InChI=1S/C11H19N3O/c1-9-10(7-11(15)13(9)2)8-14-5-3-12-4-6-14/h12H,3-8H2,1-2H3. The molecule has 2 aliphatic heterocycles. The maximum atomic E-state index is 11.5. The molecule has 0 saturated carbocycles. The summed E-state index contributed by atoms with van der Waals surface area (Å²) in [4.78, 5) is 15.7. The van der Waals surface area contributed by atoms with E-state index in [1.165, 1.54) is 5.57 Å². The first kappa shape index (κ1) is 10.6. The highest BCUT2D eigenvalue weighted by Crippen LogP contribution is 2.22. The van der Waals surface area contributed by atoms with Crippen molar-refractivity contribution < 1.29 is 4.79 Å². The van der Waals surface area contributed by atoms with Gasteiger partial charge in [0.05, 0.1) is 6.42 Å². The molecule has 0 aromatic rings. The molecule has 84 valence electrons. The second-order valence-corrected chi connectivity index (χ2v) is 4.34. The highest BCUT2D eigenvalue weighted by Gasteiger charge is 2.25. The Kier molecular flexibility index (Phi) is 3.07. The van der Waals surface area contributed by atoms with Crippen LogP contribution in [0.4, 0.5) is 0 Å². The predicted octanol–water partition coefficient (Wildman–Crippen LogP) is 0.0277. The summed E-state index contributed by atoms with van der Waals surface area (Å²) < 4.78 is 0. The minimum absolute atomic E-state index is 0.234. The molecular weight excluding hydrogens is 190 g/mol. The van der Waals surface area contributed by atoms with Gasteiger partial charge in [0.25, 0.3) is 0 Å². The molecule has 0 aromatic carbocycles. The van der Waals surface area contributed by atoms with Crippen molar-refractivity contribution >= 4 is 5.91 Å². The third-order valence-electron chi connectivity index (χ3n) is 3.38. The largest absolute Gasteiger partial charge is 0.319 e. The Morgan fingerprint density at radius 3 is 2.53 bits per heavy atom. The van der Waals surface area contributed by atoms with Crippen LogP contribution in [0.25, 0.3) is 0 Å². The fourth-order valence-electron chi connectivity index (χ4n) is 2.16. The molecule has 2 rings (SSSR count). The number of carbonyl (C=O) groups excluding carboxylic acids is 1. The average Bonchev–Trinajstić information content (AvgIpc) is 2.48. The molecule has 2 aliphatic rings. The van der Waals surface area contributed by atoms with Gasteiger partial charge in [-0.15, -0.1) is 0 Å². The second-order valence-electron chi connectivity index (χ2n) is 4.34. The van der Waals surface area contributed by atoms with Gasteiger partial charge in [0, 0.05) is 45.5 Å². The highest BCUT2D eigenvalue weighted by molar-refractivity contribution is 5.83. The Hall–Kier alpha value is -0.870. The summed E-state index contributed by atoms with van der Waals surface area (Å²) in [7, 11) is 1.86. The Bertz CT molecular complexity index is 292. The summed E-state index contributed by atoms with van der Waals surface area (Å²) in [6.45, 7) is 7.32. The van der Waals surface area contributed by atoms with Crippen LogP contribution in [0.3, 0.4) is 0 Å². The molecule has 1 fully saturated rings. The van der Waals surface area contributed by atoms with Crippen LogP contribution in [0.5, 0.6) is 0 Å².